The molecule has 2 heterocycles. The minimum atomic E-state index is -1.89. The third-order valence-electron chi connectivity index (χ3n) is 13.6. The summed E-state index contributed by atoms with van der Waals surface area (Å²) in [7, 11) is -1.89. The zero-order valence-corrected chi connectivity index (χ0v) is 37.5. The lowest BCUT2D eigenvalue weighted by Gasteiger charge is -2.28. The van der Waals surface area contributed by atoms with E-state index < -0.39 is 8.07 Å². The average Bonchev–Trinajstić information content (AvgIpc) is 3.84. The number of hydrogen-bond donors (Lipinski definition) is 0. The van der Waals surface area contributed by atoms with Crippen LogP contribution in [0.3, 0.4) is 0 Å². The quantitative estimate of drug-likeness (QED) is 0.138. The van der Waals surface area contributed by atoms with Crippen molar-refractivity contribution in [1.29, 1.82) is 0 Å². The zero-order chi connectivity index (χ0) is 43.5. The van der Waals surface area contributed by atoms with Crippen molar-refractivity contribution in [3.63, 3.8) is 0 Å². The lowest BCUT2D eigenvalue weighted by atomic mass is 9.97. The lowest BCUT2D eigenvalue weighted by Crippen LogP contribution is -2.49. The van der Waals surface area contributed by atoms with Gasteiger partial charge in [0.25, 0.3) is 0 Å². The Morgan fingerprint density at radius 1 is 0.354 bits per heavy atom. The monoisotopic (exact) mass is 846 g/mol. The second-order valence-corrected chi connectivity index (χ2v) is 22.0. The summed E-state index contributed by atoms with van der Waals surface area (Å²) >= 11 is 0. The second kappa shape index (κ2) is 15.7. The van der Waals surface area contributed by atoms with Crippen molar-refractivity contribution in [2.75, 3.05) is 4.90 Å². The van der Waals surface area contributed by atoms with Gasteiger partial charge in [-0.1, -0.05) is 207 Å². The largest absolute Gasteiger partial charge is 0.311 e. The maximum absolute atomic E-state index is 2.49. The van der Waals surface area contributed by atoms with Gasteiger partial charge in [0.05, 0.1) is 11.2 Å². The molecule has 0 saturated carbocycles. The van der Waals surface area contributed by atoms with Gasteiger partial charge in [0.15, 0.2) is 0 Å². The SMILES string of the molecule is C[Si]1(C)c2ccccc2-c2ccc(N(c3ccc(-c4ccccc4)cc3)c3ccc(-c4ccc(-n5c(-c6ccccc6)c(-c6ccccc6)c6ccc7ccccc7c65)cc4)cc3)cc21. The van der Waals surface area contributed by atoms with Gasteiger partial charge in [-0.2, -0.15) is 0 Å². The fourth-order valence-corrected chi connectivity index (χ4v) is 13.5. The summed E-state index contributed by atoms with van der Waals surface area (Å²) in [6.07, 6.45) is 0. The highest BCUT2D eigenvalue weighted by Crippen LogP contribution is 2.46. The van der Waals surface area contributed by atoms with E-state index in [0.717, 1.165) is 17.1 Å². The Morgan fingerprint density at radius 3 is 1.49 bits per heavy atom. The average molecular weight is 847 g/mol. The van der Waals surface area contributed by atoms with E-state index >= 15 is 0 Å². The maximum atomic E-state index is 2.49. The van der Waals surface area contributed by atoms with Crippen LogP contribution < -0.4 is 15.3 Å². The first kappa shape index (κ1) is 38.7. The van der Waals surface area contributed by atoms with E-state index in [9.17, 15) is 0 Å². The number of fused-ring (bicyclic) bond motifs is 6. The van der Waals surface area contributed by atoms with Crippen LogP contribution >= 0.6 is 0 Å². The van der Waals surface area contributed by atoms with Crippen molar-refractivity contribution in [2.24, 2.45) is 0 Å². The minimum absolute atomic E-state index is 1.12. The van der Waals surface area contributed by atoms with Gasteiger partial charge in [0.2, 0.25) is 0 Å². The predicted molar refractivity (Wildman–Crippen MR) is 279 cm³/mol. The number of benzene rings is 10. The van der Waals surface area contributed by atoms with Crippen LogP contribution in [0.15, 0.2) is 243 Å². The summed E-state index contributed by atoms with van der Waals surface area (Å²) in [6, 6.07) is 89.1. The van der Waals surface area contributed by atoms with Crippen LogP contribution in [-0.2, 0) is 0 Å². The number of rotatable bonds is 8. The summed E-state index contributed by atoms with van der Waals surface area (Å²) in [5.74, 6) is 0. The number of hydrogen-bond acceptors (Lipinski definition) is 1. The van der Waals surface area contributed by atoms with E-state index in [-0.39, 0.29) is 0 Å². The molecule has 65 heavy (non-hydrogen) atoms. The van der Waals surface area contributed by atoms with Crippen LogP contribution in [0.5, 0.6) is 0 Å². The Labute approximate surface area is 382 Å². The Bertz CT molecular complexity index is 3520. The molecule has 0 spiro atoms. The van der Waals surface area contributed by atoms with E-state index in [2.05, 4.69) is 265 Å². The summed E-state index contributed by atoms with van der Waals surface area (Å²) in [4.78, 5) is 2.42. The third kappa shape index (κ3) is 6.55. The van der Waals surface area contributed by atoms with E-state index in [4.69, 9.17) is 0 Å². The van der Waals surface area contributed by atoms with Gasteiger partial charge in [0.1, 0.15) is 8.07 Å². The molecule has 308 valence electrons. The van der Waals surface area contributed by atoms with Gasteiger partial charge in [0, 0.05) is 39.1 Å². The topological polar surface area (TPSA) is 8.17 Å². The smallest absolute Gasteiger partial charge is 0.113 e. The lowest BCUT2D eigenvalue weighted by molar-refractivity contribution is 1.14. The van der Waals surface area contributed by atoms with Crippen molar-refractivity contribution >= 4 is 57.2 Å². The first-order chi connectivity index (χ1) is 32.0. The Morgan fingerprint density at radius 2 is 0.846 bits per heavy atom. The molecule has 3 heteroatoms. The van der Waals surface area contributed by atoms with Crippen LogP contribution in [0.25, 0.3) is 83.1 Å². The van der Waals surface area contributed by atoms with E-state index in [1.807, 2.05) is 0 Å². The molecule has 10 aromatic carbocycles. The zero-order valence-electron chi connectivity index (χ0n) is 36.5. The molecule has 11 aromatic rings. The normalized spacial score (nSPS) is 12.6. The highest BCUT2D eigenvalue weighted by molar-refractivity contribution is 7.03. The molecule has 0 saturated heterocycles. The van der Waals surface area contributed by atoms with Gasteiger partial charge in [-0.3, -0.25) is 0 Å². The van der Waals surface area contributed by atoms with E-state index in [1.165, 1.54) is 93.5 Å². The molecule has 0 aliphatic carbocycles. The fourth-order valence-electron chi connectivity index (χ4n) is 10.4. The summed E-state index contributed by atoms with van der Waals surface area (Å²) in [6.45, 7) is 4.98. The standard InChI is InChI=1S/C62H46N2Si/c1-65(2)58-25-15-14-24-55(58)56-41-39-53(42-59(56)65)63(50-33-26-44(27-34-50)43-16-6-3-7-17-43)51-35-28-45(29-36-51)46-30-37-52(38-31-46)64-61(49-21-10-5-11-22-49)60(48-19-8-4-9-20-48)57-40-32-47-18-12-13-23-54(47)62(57)64/h3-42H,1-2H3. The molecule has 0 atom stereocenters. The van der Waals surface area contributed by atoms with Crippen LogP contribution in [-0.4, -0.2) is 12.6 Å². The van der Waals surface area contributed by atoms with Crippen LogP contribution in [0, 0.1) is 0 Å². The summed E-state index contributed by atoms with van der Waals surface area (Å²) < 4.78 is 2.49. The predicted octanol–water partition coefficient (Wildman–Crippen LogP) is 15.7. The van der Waals surface area contributed by atoms with Gasteiger partial charge in [-0.05, 0) is 109 Å². The van der Waals surface area contributed by atoms with Gasteiger partial charge < -0.3 is 9.47 Å². The van der Waals surface area contributed by atoms with Crippen molar-refractivity contribution in [2.45, 2.75) is 13.1 Å². The molecule has 1 aliphatic heterocycles. The highest BCUT2D eigenvalue weighted by atomic mass is 28.3. The molecule has 2 nitrogen and oxygen atoms in total. The Hall–Kier alpha value is -7.98. The van der Waals surface area contributed by atoms with Crippen molar-refractivity contribution < 1.29 is 0 Å². The molecule has 0 bridgehead atoms. The van der Waals surface area contributed by atoms with Crippen molar-refractivity contribution in [3.8, 4) is 61.5 Å². The van der Waals surface area contributed by atoms with Gasteiger partial charge in [-0.15, -0.1) is 0 Å². The number of aromatic nitrogens is 1. The summed E-state index contributed by atoms with van der Waals surface area (Å²) in [5.41, 5.74) is 18.2. The van der Waals surface area contributed by atoms with Crippen LogP contribution in [0.4, 0.5) is 17.1 Å². The van der Waals surface area contributed by atoms with E-state index in [0.29, 0.717) is 0 Å². The summed E-state index contributed by atoms with van der Waals surface area (Å²) in [5, 5.41) is 6.72. The van der Waals surface area contributed by atoms with E-state index in [1.54, 1.807) is 0 Å². The molecule has 0 N–H and O–H groups in total. The molecular formula is C62H46N2Si. The molecule has 0 fully saturated rings. The number of anilines is 3. The molecule has 0 unspecified atom stereocenters. The minimum Gasteiger partial charge on any atom is -0.311 e. The molecule has 1 aliphatic rings. The fraction of sp³-hybridized carbons (Fsp3) is 0.0323. The molecule has 1 aromatic heterocycles. The first-order valence-electron chi connectivity index (χ1n) is 22.6. The van der Waals surface area contributed by atoms with Crippen LogP contribution in [0.2, 0.25) is 13.1 Å². The van der Waals surface area contributed by atoms with Crippen molar-refractivity contribution in [3.05, 3.63) is 243 Å². The molecular weight excluding hydrogens is 801 g/mol. The molecule has 0 radical (unpaired) electrons. The molecule has 0 amide bonds. The van der Waals surface area contributed by atoms with Gasteiger partial charge >= 0.3 is 0 Å². The Balaban J connectivity index is 0.954. The van der Waals surface area contributed by atoms with Gasteiger partial charge in [-0.25, -0.2) is 0 Å². The molecule has 12 rings (SSSR count). The van der Waals surface area contributed by atoms with Crippen LogP contribution in [0.1, 0.15) is 0 Å². The Kier molecular flexibility index (Phi) is 9.32. The second-order valence-electron chi connectivity index (χ2n) is 17.7. The highest BCUT2D eigenvalue weighted by Gasteiger charge is 2.37. The van der Waals surface area contributed by atoms with Crippen molar-refractivity contribution in [1.82, 2.24) is 4.57 Å². The number of nitrogens with zero attached hydrogens (tertiary/aromatic N) is 2. The maximum Gasteiger partial charge on any atom is 0.113 e. The third-order valence-corrected chi connectivity index (χ3v) is 17.1. The first-order valence-corrected chi connectivity index (χ1v) is 25.6.